The monoisotopic (exact) mass is 278 g/mol. The van der Waals surface area contributed by atoms with Crippen LogP contribution in [-0.2, 0) is 0 Å². The van der Waals surface area contributed by atoms with Gasteiger partial charge in [0.15, 0.2) is 0 Å². The molecule has 1 heterocycles. The molecule has 1 aromatic heterocycles. The van der Waals surface area contributed by atoms with E-state index in [9.17, 15) is 4.79 Å². The van der Waals surface area contributed by atoms with Crippen LogP contribution in [0, 0.1) is 0 Å². The molecule has 19 heavy (non-hydrogen) atoms. The smallest absolute Gasteiger partial charge is 0.337 e. The molecule has 0 radical (unpaired) electrons. The lowest BCUT2D eigenvalue weighted by Gasteiger charge is -2.12. The Morgan fingerprint density at radius 2 is 2.16 bits per heavy atom. The number of ether oxygens (including phenoxy) is 1. The van der Waals surface area contributed by atoms with Crippen LogP contribution in [0.5, 0.6) is 5.75 Å². The molecule has 2 rings (SSSR count). The minimum atomic E-state index is -1.04. The van der Waals surface area contributed by atoms with Gasteiger partial charge in [-0.1, -0.05) is 11.6 Å². The Morgan fingerprint density at radius 1 is 1.37 bits per heavy atom. The molecule has 6 heteroatoms. The minimum absolute atomic E-state index is 0.122. The molecule has 0 saturated heterocycles. The quantitative estimate of drug-likeness (QED) is 0.899. The predicted octanol–water partition coefficient (Wildman–Crippen LogP) is 3.19. The number of halogens is 1. The van der Waals surface area contributed by atoms with Gasteiger partial charge in [-0.2, -0.15) is 0 Å². The number of carboxylic acids is 1. The van der Waals surface area contributed by atoms with Gasteiger partial charge >= 0.3 is 5.97 Å². The van der Waals surface area contributed by atoms with Crippen molar-refractivity contribution in [1.82, 2.24) is 4.98 Å². The summed E-state index contributed by atoms with van der Waals surface area (Å²) in [5.74, 6) is -0.476. The topological polar surface area (TPSA) is 71.5 Å². The second kappa shape index (κ2) is 5.58. The van der Waals surface area contributed by atoms with E-state index in [1.807, 2.05) is 0 Å². The van der Waals surface area contributed by atoms with Gasteiger partial charge in [-0.25, -0.2) is 4.79 Å². The highest BCUT2D eigenvalue weighted by molar-refractivity contribution is 6.31. The first-order valence-electron chi connectivity index (χ1n) is 5.39. The number of carbonyl (C=O) groups is 1. The molecule has 0 aliphatic rings. The fraction of sp³-hybridized carbons (Fsp3) is 0.0769. The average Bonchev–Trinajstić information content (AvgIpc) is 2.39. The Hall–Kier alpha value is -2.27. The normalized spacial score (nSPS) is 10.0. The van der Waals surface area contributed by atoms with E-state index in [0.717, 1.165) is 0 Å². The zero-order valence-corrected chi connectivity index (χ0v) is 10.8. The van der Waals surface area contributed by atoms with Crippen LogP contribution >= 0.6 is 11.6 Å². The first-order chi connectivity index (χ1) is 9.11. The van der Waals surface area contributed by atoms with Crippen LogP contribution in [0.1, 0.15) is 10.4 Å². The number of aromatic carboxylic acids is 1. The summed E-state index contributed by atoms with van der Waals surface area (Å²) in [7, 11) is 1.52. The molecule has 0 amide bonds. The van der Waals surface area contributed by atoms with E-state index in [-0.39, 0.29) is 5.56 Å². The molecule has 0 unspecified atom stereocenters. The SMILES string of the molecule is COc1ccc(Cl)cc1Nc1cnccc1C(=O)O. The fourth-order valence-electron chi connectivity index (χ4n) is 1.60. The minimum Gasteiger partial charge on any atom is -0.495 e. The Morgan fingerprint density at radius 3 is 2.84 bits per heavy atom. The van der Waals surface area contributed by atoms with Crippen molar-refractivity contribution in [2.75, 3.05) is 12.4 Å². The highest BCUT2D eigenvalue weighted by atomic mass is 35.5. The number of benzene rings is 1. The number of pyridine rings is 1. The van der Waals surface area contributed by atoms with Crippen LogP contribution in [0.2, 0.25) is 5.02 Å². The van der Waals surface area contributed by atoms with Crippen LogP contribution < -0.4 is 10.1 Å². The van der Waals surface area contributed by atoms with Crippen molar-refractivity contribution < 1.29 is 14.6 Å². The highest BCUT2D eigenvalue weighted by Gasteiger charge is 2.12. The van der Waals surface area contributed by atoms with Gasteiger partial charge in [0.25, 0.3) is 0 Å². The Kier molecular flexibility index (Phi) is 3.87. The maximum Gasteiger partial charge on any atom is 0.337 e. The molecule has 0 aliphatic heterocycles. The summed E-state index contributed by atoms with van der Waals surface area (Å²) in [6.07, 6.45) is 2.85. The van der Waals surface area contributed by atoms with E-state index in [4.69, 9.17) is 21.4 Å². The zero-order valence-electron chi connectivity index (χ0n) is 10.1. The standard InChI is InChI=1S/C13H11ClN2O3/c1-19-12-3-2-8(14)6-10(12)16-11-7-15-5-4-9(11)13(17)18/h2-7,16H,1H3,(H,17,18). The Balaban J connectivity index is 2.41. The second-order valence-corrected chi connectivity index (χ2v) is 4.13. The van der Waals surface area contributed by atoms with Gasteiger partial charge in [-0.05, 0) is 24.3 Å². The van der Waals surface area contributed by atoms with Gasteiger partial charge in [-0.15, -0.1) is 0 Å². The van der Waals surface area contributed by atoms with Crippen molar-refractivity contribution in [3.8, 4) is 5.75 Å². The summed E-state index contributed by atoms with van der Waals surface area (Å²) < 4.78 is 5.18. The van der Waals surface area contributed by atoms with Gasteiger partial charge in [0, 0.05) is 11.2 Å². The van der Waals surface area contributed by atoms with Crippen molar-refractivity contribution in [3.05, 3.63) is 47.2 Å². The van der Waals surface area contributed by atoms with Gasteiger partial charge in [0.05, 0.1) is 30.2 Å². The molecule has 1 aromatic carbocycles. The summed E-state index contributed by atoms with van der Waals surface area (Å²) in [6, 6.07) is 6.45. The van der Waals surface area contributed by atoms with Crippen molar-refractivity contribution in [2.45, 2.75) is 0 Å². The lowest BCUT2D eigenvalue weighted by molar-refractivity contribution is 0.0698. The number of hydrogen-bond acceptors (Lipinski definition) is 4. The molecular weight excluding hydrogens is 268 g/mol. The second-order valence-electron chi connectivity index (χ2n) is 3.70. The molecule has 98 valence electrons. The average molecular weight is 279 g/mol. The van der Waals surface area contributed by atoms with E-state index >= 15 is 0 Å². The predicted molar refractivity (Wildman–Crippen MR) is 72.5 cm³/mol. The number of aromatic nitrogens is 1. The van der Waals surface area contributed by atoms with E-state index < -0.39 is 5.97 Å². The summed E-state index contributed by atoms with van der Waals surface area (Å²) in [5.41, 5.74) is 1.07. The third kappa shape index (κ3) is 2.95. The number of nitrogens with one attached hydrogen (secondary N) is 1. The molecule has 2 N–H and O–H groups in total. The molecule has 0 saturated carbocycles. The molecule has 2 aromatic rings. The van der Waals surface area contributed by atoms with Crippen LogP contribution in [0.3, 0.4) is 0 Å². The third-order valence-corrected chi connectivity index (χ3v) is 2.72. The van der Waals surface area contributed by atoms with Crippen LogP contribution in [-0.4, -0.2) is 23.2 Å². The first kappa shape index (κ1) is 13.2. The van der Waals surface area contributed by atoms with Crippen molar-refractivity contribution in [2.24, 2.45) is 0 Å². The van der Waals surface area contributed by atoms with Crippen LogP contribution in [0.15, 0.2) is 36.7 Å². The maximum atomic E-state index is 11.1. The van der Waals surface area contributed by atoms with Gasteiger partial charge in [0.1, 0.15) is 5.75 Å². The molecular formula is C13H11ClN2O3. The number of anilines is 2. The van der Waals surface area contributed by atoms with E-state index in [1.54, 1.807) is 18.2 Å². The Bertz CT molecular complexity index is 617. The maximum absolute atomic E-state index is 11.1. The molecule has 0 spiro atoms. The van der Waals surface area contributed by atoms with Crippen molar-refractivity contribution >= 4 is 28.9 Å². The summed E-state index contributed by atoms with van der Waals surface area (Å²) >= 11 is 5.91. The number of rotatable bonds is 4. The fourth-order valence-corrected chi connectivity index (χ4v) is 1.78. The summed E-state index contributed by atoms with van der Waals surface area (Å²) in [4.78, 5) is 15.0. The number of methoxy groups -OCH3 is 1. The van der Waals surface area contributed by atoms with Gasteiger partial charge in [0.2, 0.25) is 0 Å². The molecule has 0 bridgehead atoms. The zero-order chi connectivity index (χ0) is 13.8. The highest BCUT2D eigenvalue weighted by Crippen LogP contribution is 2.31. The van der Waals surface area contributed by atoms with Crippen LogP contribution in [0.4, 0.5) is 11.4 Å². The first-order valence-corrected chi connectivity index (χ1v) is 5.77. The summed E-state index contributed by atoms with van der Waals surface area (Å²) in [5, 5.41) is 12.6. The molecule has 5 nitrogen and oxygen atoms in total. The van der Waals surface area contributed by atoms with E-state index in [1.165, 1.54) is 25.6 Å². The van der Waals surface area contributed by atoms with E-state index in [2.05, 4.69) is 10.3 Å². The largest absolute Gasteiger partial charge is 0.495 e. The van der Waals surface area contributed by atoms with Crippen LogP contribution in [0.25, 0.3) is 0 Å². The lowest BCUT2D eigenvalue weighted by Crippen LogP contribution is -2.04. The van der Waals surface area contributed by atoms with Gasteiger partial charge in [-0.3, -0.25) is 4.98 Å². The number of carboxylic acid groups (broad SMARTS) is 1. The lowest BCUT2D eigenvalue weighted by atomic mass is 10.2. The van der Waals surface area contributed by atoms with Gasteiger partial charge < -0.3 is 15.2 Å². The summed E-state index contributed by atoms with van der Waals surface area (Å²) in [6.45, 7) is 0. The third-order valence-electron chi connectivity index (χ3n) is 2.48. The molecule has 0 atom stereocenters. The number of nitrogens with zero attached hydrogens (tertiary/aromatic N) is 1. The molecule has 0 aliphatic carbocycles. The van der Waals surface area contributed by atoms with Crippen molar-refractivity contribution in [3.63, 3.8) is 0 Å². The van der Waals surface area contributed by atoms with Crippen molar-refractivity contribution in [1.29, 1.82) is 0 Å². The number of hydrogen-bond donors (Lipinski definition) is 2. The van der Waals surface area contributed by atoms with E-state index in [0.29, 0.717) is 22.1 Å². The molecule has 0 fully saturated rings. The Labute approximate surface area is 114 Å².